The van der Waals surface area contributed by atoms with Gasteiger partial charge in [-0.15, -0.1) is 0 Å². The first kappa shape index (κ1) is 17.2. The molecule has 1 aliphatic rings. The summed E-state index contributed by atoms with van der Waals surface area (Å²) in [5, 5.41) is 24.3. The Labute approximate surface area is 147 Å². The largest absolute Gasteiger partial charge is 0.508 e. The number of phenols is 1. The van der Waals surface area contributed by atoms with Crippen LogP contribution in [0.4, 0.5) is 14.7 Å². The van der Waals surface area contributed by atoms with E-state index in [9.17, 15) is 14.7 Å². The molecule has 4 N–H and O–H groups in total. The number of hydrogen-bond acceptors (Lipinski definition) is 6. The van der Waals surface area contributed by atoms with E-state index in [-0.39, 0.29) is 11.8 Å². The van der Waals surface area contributed by atoms with Gasteiger partial charge in [0.1, 0.15) is 5.75 Å². The highest BCUT2D eigenvalue weighted by atomic mass is 32.1. The third-order valence-corrected chi connectivity index (χ3v) is 4.88. The Balaban J connectivity index is 1.41. The van der Waals surface area contributed by atoms with E-state index in [4.69, 9.17) is 5.11 Å². The minimum Gasteiger partial charge on any atom is -0.508 e. The van der Waals surface area contributed by atoms with Crippen molar-refractivity contribution < 1.29 is 19.8 Å². The lowest BCUT2D eigenvalue weighted by molar-refractivity contribution is 0.106. The van der Waals surface area contributed by atoms with Gasteiger partial charge in [-0.3, -0.25) is 10.2 Å². The molecule has 0 bridgehead atoms. The summed E-state index contributed by atoms with van der Waals surface area (Å²) < 4.78 is 0.798. The molecule has 0 spiro atoms. The third-order valence-electron chi connectivity index (χ3n) is 3.95. The molecule has 1 aliphatic heterocycles. The topological polar surface area (TPSA) is 118 Å². The van der Waals surface area contributed by atoms with E-state index in [1.807, 2.05) is 0 Å². The number of carboxylic acid groups (broad SMARTS) is 1. The van der Waals surface area contributed by atoms with Crippen molar-refractivity contribution >= 4 is 38.8 Å². The molecule has 0 unspecified atom stereocenters. The Hall–Kier alpha value is -2.59. The quantitative estimate of drug-likeness (QED) is 0.651. The number of hydrogen-bond donors (Lipinski definition) is 4. The van der Waals surface area contributed by atoms with Gasteiger partial charge in [0, 0.05) is 39.3 Å². The SMILES string of the molecule is O=C(NCCN1CCN(C(=O)O)CC1)Nc1nc2ccc(O)cc2s1. The number of rotatable bonds is 4. The van der Waals surface area contributed by atoms with Crippen LogP contribution >= 0.6 is 11.3 Å². The van der Waals surface area contributed by atoms with Gasteiger partial charge in [0.15, 0.2) is 5.13 Å². The van der Waals surface area contributed by atoms with Gasteiger partial charge < -0.3 is 20.4 Å². The van der Waals surface area contributed by atoms with Gasteiger partial charge in [-0.2, -0.15) is 0 Å². The Morgan fingerprint density at radius 1 is 1.24 bits per heavy atom. The van der Waals surface area contributed by atoms with Crippen molar-refractivity contribution in [3.8, 4) is 5.75 Å². The summed E-state index contributed by atoms with van der Waals surface area (Å²) in [6.45, 7) is 3.42. The lowest BCUT2D eigenvalue weighted by atomic mass is 10.3. The van der Waals surface area contributed by atoms with Crippen LogP contribution in [0.5, 0.6) is 5.75 Å². The summed E-state index contributed by atoms with van der Waals surface area (Å²) in [4.78, 5) is 30.6. The number of carbonyl (C=O) groups is 2. The summed E-state index contributed by atoms with van der Waals surface area (Å²) in [5.74, 6) is 0.162. The van der Waals surface area contributed by atoms with Crippen molar-refractivity contribution in [1.29, 1.82) is 0 Å². The summed E-state index contributed by atoms with van der Waals surface area (Å²) in [6.07, 6.45) is -0.888. The first-order chi connectivity index (χ1) is 12.0. The number of nitrogens with zero attached hydrogens (tertiary/aromatic N) is 3. The fraction of sp³-hybridized carbons (Fsp3) is 0.400. The molecule has 2 aromatic rings. The first-order valence-electron chi connectivity index (χ1n) is 7.86. The minimum absolute atomic E-state index is 0.162. The number of urea groups is 1. The van der Waals surface area contributed by atoms with Gasteiger partial charge in [-0.1, -0.05) is 11.3 Å². The van der Waals surface area contributed by atoms with Gasteiger partial charge in [-0.05, 0) is 18.2 Å². The molecule has 1 aromatic carbocycles. The van der Waals surface area contributed by atoms with Crippen molar-refractivity contribution in [2.24, 2.45) is 0 Å². The van der Waals surface area contributed by atoms with Crippen LogP contribution in [-0.4, -0.2) is 76.4 Å². The van der Waals surface area contributed by atoms with E-state index in [0.717, 1.165) is 10.2 Å². The van der Waals surface area contributed by atoms with Crippen molar-refractivity contribution in [2.45, 2.75) is 0 Å². The highest BCUT2D eigenvalue weighted by Crippen LogP contribution is 2.28. The van der Waals surface area contributed by atoms with Crippen LogP contribution in [0.3, 0.4) is 0 Å². The van der Waals surface area contributed by atoms with Crippen LogP contribution in [0.2, 0.25) is 0 Å². The maximum atomic E-state index is 11.9. The van der Waals surface area contributed by atoms with Gasteiger partial charge in [-0.25, -0.2) is 14.6 Å². The van der Waals surface area contributed by atoms with Crippen molar-refractivity contribution in [3.63, 3.8) is 0 Å². The molecule has 1 aromatic heterocycles. The van der Waals surface area contributed by atoms with Gasteiger partial charge >= 0.3 is 12.1 Å². The molecule has 3 amide bonds. The van der Waals surface area contributed by atoms with Gasteiger partial charge in [0.2, 0.25) is 0 Å². The average molecular weight is 365 g/mol. The average Bonchev–Trinajstić information content (AvgIpc) is 2.96. The lowest BCUT2D eigenvalue weighted by Gasteiger charge is -2.32. The fourth-order valence-electron chi connectivity index (χ4n) is 2.60. The number of aromatic nitrogens is 1. The van der Waals surface area contributed by atoms with Gasteiger partial charge in [0.05, 0.1) is 10.2 Å². The highest BCUT2D eigenvalue weighted by molar-refractivity contribution is 7.22. The van der Waals surface area contributed by atoms with E-state index >= 15 is 0 Å². The molecule has 10 heteroatoms. The number of piperazine rings is 1. The summed E-state index contributed by atoms with van der Waals surface area (Å²) in [6, 6.07) is 4.51. The van der Waals surface area contributed by atoms with E-state index in [1.54, 1.807) is 18.2 Å². The Morgan fingerprint density at radius 2 is 2.00 bits per heavy atom. The van der Waals surface area contributed by atoms with Crippen LogP contribution in [-0.2, 0) is 0 Å². The van der Waals surface area contributed by atoms with E-state index in [0.29, 0.717) is 44.4 Å². The maximum absolute atomic E-state index is 11.9. The molecule has 0 saturated carbocycles. The second kappa shape index (κ2) is 7.53. The number of thiazole rings is 1. The molecule has 3 rings (SSSR count). The molecule has 0 radical (unpaired) electrons. The Kier molecular flexibility index (Phi) is 5.19. The number of amides is 3. The monoisotopic (exact) mass is 365 g/mol. The maximum Gasteiger partial charge on any atom is 0.407 e. The minimum atomic E-state index is -0.888. The predicted molar refractivity (Wildman–Crippen MR) is 94.3 cm³/mol. The van der Waals surface area contributed by atoms with Crippen LogP contribution in [0.25, 0.3) is 10.2 Å². The molecule has 9 nitrogen and oxygen atoms in total. The van der Waals surface area contributed by atoms with Crippen molar-refractivity contribution in [3.05, 3.63) is 18.2 Å². The highest BCUT2D eigenvalue weighted by Gasteiger charge is 2.19. The second-order valence-corrected chi connectivity index (χ2v) is 6.69. The normalized spacial score (nSPS) is 15.3. The number of carbonyl (C=O) groups excluding carboxylic acids is 1. The molecular formula is C15H19N5O4S. The lowest BCUT2D eigenvalue weighted by Crippen LogP contribution is -2.50. The van der Waals surface area contributed by atoms with Crippen LogP contribution in [0.1, 0.15) is 0 Å². The Bertz CT molecular complexity index is 772. The standard InChI is InChI=1S/C15H19N5O4S/c21-10-1-2-11-12(9-10)25-14(17-11)18-13(22)16-3-4-19-5-7-20(8-6-19)15(23)24/h1-2,9,21H,3-8H2,(H,23,24)(H2,16,17,18,22). The molecule has 25 heavy (non-hydrogen) atoms. The molecular weight excluding hydrogens is 346 g/mol. The number of anilines is 1. The molecule has 134 valence electrons. The molecule has 1 saturated heterocycles. The number of aromatic hydroxyl groups is 1. The smallest absolute Gasteiger partial charge is 0.407 e. The molecule has 0 aliphatic carbocycles. The zero-order chi connectivity index (χ0) is 17.8. The van der Waals surface area contributed by atoms with Crippen LogP contribution in [0, 0.1) is 0 Å². The second-order valence-electron chi connectivity index (χ2n) is 5.66. The van der Waals surface area contributed by atoms with E-state index in [2.05, 4.69) is 20.5 Å². The zero-order valence-electron chi connectivity index (χ0n) is 13.4. The number of phenolic OH excluding ortho intramolecular Hbond substituents is 1. The predicted octanol–water partition coefficient (Wildman–Crippen LogP) is 1.42. The summed E-state index contributed by atoms with van der Waals surface area (Å²) in [5.41, 5.74) is 0.717. The van der Waals surface area contributed by atoms with Crippen LogP contribution in [0.15, 0.2) is 18.2 Å². The van der Waals surface area contributed by atoms with E-state index in [1.165, 1.54) is 16.2 Å². The number of fused-ring (bicyclic) bond motifs is 1. The zero-order valence-corrected chi connectivity index (χ0v) is 14.3. The van der Waals surface area contributed by atoms with Gasteiger partial charge in [0.25, 0.3) is 0 Å². The molecule has 1 fully saturated rings. The summed E-state index contributed by atoms with van der Waals surface area (Å²) in [7, 11) is 0. The molecule has 2 heterocycles. The van der Waals surface area contributed by atoms with Crippen molar-refractivity contribution in [2.75, 3.05) is 44.6 Å². The molecule has 0 atom stereocenters. The number of benzene rings is 1. The fourth-order valence-corrected chi connectivity index (χ4v) is 3.49. The van der Waals surface area contributed by atoms with E-state index < -0.39 is 6.09 Å². The number of nitrogens with one attached hydrogen (secondary N) is 2. The summed E-state index contributed by atoms with van der Waals surface area (Å²) >= 11 is 1.29. The third kappa shape index (κ3) is 4.48. The Morgan fingerprint density at radius 3 is 2.72 bits per heavy atom. The van der Waals surface area contributed by atoms with Crippen LogP contribution < -0.4 is 10.6 Å². The first-order valence-corrected chi connectivity index (χ1v) is 8.67. The van der Waals surface area contributed by atoms with Crippen molar-refractivity contribution in [1.82, 2.24) is 20.1 Å².